The van der Waals surface area contributed by atoms with Crippen LogP contribution in [-0.2, 0) is 4.79 Å². The van der Waals surface area contributed by atoms with Crippen molar-refractivity contribution in [3.63, 3.8) is 0 Å². The Hall–Kier alpha value is -1.51. The lowest BCUT2D eigenvalue weighted by Gasteiger charge is -2.36. The monoisotopic (exact) mass is 459 g/mol. The van der Waals surface area contributed by atoms with Gasteiger partial charge in [0.05, 0.1) is 0 Å². The van der Waals surface area contributed by atoms with Crippen molar-refractivity contribution >= 4 is 41.5 Å². The van der Waals surface area contributed by atoms with Crippen molar-refractivity contribution in [2.45, 2.75) is 26.2 Å². The Kier molecular flexibility index (Phi) is 10.3. The first kappa shape index (κ1) is 21.5. The highest BCUT2D eigenvalue weighted by atomic mass is 127. The van der Waals surface area contributed by atoms with Gasteiger partial charge < -0.3 is 20.9 Å². The molecule has 1 aliphatic heterocycles. The topological polar surface area (TPSA) is 74.0 Å². The Morgan fingerprint density at radius 3 is 2.52 bits per heavy atom. The number of halogens is 1. The van der Waals surface area contributed by atoms with Gasteiger partial charge in [0, 0.05) is 51.4 Å². The third-order valence-electron chi connectivity index (χ3n) is 4.19. The zero-order chi connectivity index (χ0) is 17.2. The Morgan fingerprint density at radius 1 is 1.20 bits per heavy atom. The maximum absolute atomic E-state index is 12.3. The molecule has 7 heteroatoms. The van der Waals surface area contributed by atoms with E-state index in [0.717, 1.165) is 45.6 Å². The normalized spacial score (nSPS) is 14.8. The van der Waals surface area contributed by atoms with Gasteiger partial charge in [-0.2, -0.15) is 0 Å². The van der Waals surface area contributed by atoms with Crippen LogP contribution >= 0.6 is 24.0 Å². The van der Waals surface area contributed by atoms with Gasteiger partial charge >= 0.3 is 0 Å². The van der Waals surface area contributed by atoms with E-state index in [-0.39, 0.29) is 29.9 Å². The van der Waals surface area contributed by atoms with Crippen LogP contribution in [0.1, 0.15) is 26.2 Å². The number of carbonyl (C=O) groups excluding carboxylic acids is 1. The van der Waals surface area contributed by atoms with Crippen LogP contribution in [0.4, 0.5) is 5.69 Å². The summed E-state index contributed by atoms with van der Waals surface area (Å²) in [5.41, 5.74) is 6.99. The maximum Gasteiger partial charge on any atom is 0.224 e. The maximum atomic E-state index is 12.3. The molecule has 0 unspecified atom stereocenters. The van der Waals surface area contributed by atoms with E-state index >= 15 is 0 Å². The third-order valence-corrected chi connectivity index (χ3v) is 4.19. The van der Waals surface area contributed by atoms with Crippen molar-refractivity contribution in [2.24, 2.45) is 10.7 Å². The fourth-order valence-electron chi connectivity index (χ4n) is 2.72. The molecule has 0 bridgehead atoms. The fraction of sp³-hybridized carbons (Fsp3) is 0.556. The van der Waals surface area contributed by atoms with Crippen molar-refractivity contribution in [3.8, 4) is 0 Å². The predicted octanol–water partition coefficient (Wildman–Crippen LogP) is 2.05. The van der Waals surface area contributed by atoms with E-state index in [4.69, 9.17) is 5.73 Å². The number of hydrogen-bond donors (Lipinski definition) is 2. The van der Waals surface area contributed by atoms with E-state index in [1.54, 1.807) is 0 Å². The summed E-state index contributed by atoms with van der Waals surface area (Å²) in [5.74, 6) is 0.613. The Morgan fingerprint density at radius 2 is 1.88 bits per heavy atom. The average molecular weight is 459 g/mol. The van der Waals surface area contributed by atoms with Gasteiger partial charge in [-0.3, -0.25) is 9.79 Å². The second kappa shape index (κ2) is 11.9. The van der Waals surface area contributed by atoms with Crippen molar-refractivity contribution in [3.05, 3.63) is 30.3 Å². The third kappa shape index (κ3) is 7.50. The van der Waals surface area contributed by atoms with Gasteiger partial charge in [-0.15, -0.1) is 24.0 Å². The standard InChI is InChI=1S/C18H29N5O.HI/c1-2-3-10-20-18(19)21-11-9-17(24)23-14-12-22(13-15-23)16-7-5-4-6-8-16;/h4-8H,2-3,9-15H2,1H3,(H3,19,20,21);1H. The number of rotatable bonds is 7. The predicted molar refractivity (Wildman–Crippen MR) is 115 cm³/mol. The van der Waals surface area contributed by atoms with Gasteiger partial charge in [0.15, 0.2) is 5.96 Å². The van der Waals surface area contributed by atoms with Gasteiger partial charge in [-0.05, 0) is 18.6 Å². The lowest BCUT2D eigenvalue weighted by molar-refractivity contribution is -0.131. The molecule has 1 amide bonds. The molecule has 25 heavy (non-hydrogen) atoms. The second-order valence-corrected chi connectivity index (χ2v) is 6.00. The number of para-hydroxylation sites is 1. The largest absolute Gasteiger partial charge is 0.370 e. The van der Waals surface area contributed by atoms with Gasteiger partial charge in [0.1, 0.15) is 0 Å². The molecule has 0 saturated carbocycles. The van der Waals surface area contributed by atoms with Crippen LogP contribution in [0.3, 0.4) is 0 Å². The number of anilines is 1. The summed E-state index contributed by atoms with van der Waals surface area (Å²) in [4.78, 5) is 20.7. The second-order valence-electron chi connectivity index (χ2n) is 6.00. The molecule has 0 aliphatic carbocycles. The van der Waals surface area contributed by atoms with E-state index < -0.39 is 0 Å². The first-order chi connectivity index (χ1) is 11.7. The summed E-state index contributed by atoms with van der Waals surface area (Å²) in [6.07, 6.45) is 2.59. The molecule has 1 aromatic carbocycles. The highest BCUT2D eigenvalue weighted by Crippen LogP contribution is 2.15. The summed E-state index contributed by atoms with van der Waals surface area (Å²) in [7, 11) is 0. The number of benzene rings is 1. The van der Waals surface area contributed by atoms with Crippen LogP contribution in [0.2, 0.25) is 0 Å². The molecule has 1 aliphatic rings. The van der Waals surface area contributed by atoms with Crippen molar-refractivity contribution in [1.29, 1.82) is 0 Å². The zero-order valence-corrected chi connectivity index (χ0v) is 17.3. The van der Waals surface area contributed by atoms with E-state index in [0.29, 0.717) is 18.9 Å². The van der Waals surface area contributed by atoms with Gasteiger partial charge in [-0.1, -0.05) is 31.5 Å². The van der Waals surface area contributed by atoms with Crippen molar-refractivity contribution < 1.29 is 4.79 Å². The molecule has 140 valence electrons. The average Bonchev–Trinajstić information content (AvgIpc) is 2.63. The van der Waals surface area contributed by atoms with Gasteiger partial charge in [0.2, 0.25) is 5.91 Å². The molecule has 0 spiro atoms. The number of nitrogens with one attached hydrogen (secondary N) is 1. The number of piperazine rings is 1. The minimum Gasteiger partial charge on any atom is -0.370 e. The quantitative estimate of drug-likeness (QED) is 0.283. The van der Waals surface area contributed by atoms with E-state index in [9.17, 15) is 4.79 Å². The minimum absolute atomic E-state index is 0. The number of nitrogens with zero attached hydrogens (tertiary/aromatic N) is 3. The lowest BCUT2D eigenvalue weighted by Crippen LogP contribution is -2.49. The molecule has 6 nitrogen and oxygen atoms in total. The first-order valence-corrected chi connectivity index (χ1v) is 8.82. The first-order valence-electron chi connectivity index (χ1n) is 8.82. The van der Waals surface area contributed by atoms with Crippen molar-refractivity contribution in [2.75, 3.05) is 44.2 Å². The Labute approximate surface area is 167 Å². The number of carbonyl (C=O) groups is 1. The highest BCUT2D eigenvalue weighted by molar-refractivity contribution is 14.0. The van der Waals surface area contributed by atoms with E-state index in [1.165, 1.54) is 5.69 Å². The molecular formula is C18H30IN5O. The Bertz CT molecular complexity index is 530. The molecule has 1 heterocycles. The fourth-order valence-corrected chi connectivity index (χ4v) is 2.72. The van der Waals surface area contributed by atoms with Crippen LogP contribution in [-0.4, -0.2) is 56.0 Å². The number of nitrogens with two attached hydrogens (primary N) is 1. The van der Waals surface area contributed by atoms with Crippen LogP contribution in [0.15, 0.2) is 35.3 Å². The van der Waals surface area contributed by atoms with Gasteiger partial charge in [0.25, 0.3) is 0 Å². The molecule has 3 N–H and O–H groups in total. The molecule has 1 saturated heterocycles. The molecule has 0 atom stereocenters. The SMILES string of the molecule is CCCCN=C(N)NCCC(=O)N1CCN(c2ccccc2)CC1.I. The summed E-state index contributed by atoms with van der Waals surface area (Å²) in [5, 5.41) is 3.02. The van der Waals surface area contributed by atoms with Crippen LogP contribution in [0, 0.1) is 0 Å². The smallest absolute Gasteiger partial charge is 0.224 e. The summed E-state index contributed by atoms with van der Waals surface area (Å²) >= 11 is 0. The number of guanidine groups is 1. The number of amides is 1. The minimum atomic E-state index is 0. The molecule has 0 radical (unpaired) electrons. The van der Waals surface area contributed by atoms with E-state index in [1.807, 2.05) is 23.1 Å². The van der Waals surface area contributed by atoms with Crippen molar-refractivity contribution in [1.82, 2.24) is 10.2 Å². The van der Waals surface area contributed by atoms with Crippen LogP contribution in [0.25, 0.3) is 0 Å². The molecule has 2 rings (SSSR count). The van der Waals surface area contributed by atoms with Crippen LogP contribution in [0.5, 0.6) is 0 Å². The Balaban J connectivity index is 0.00000312. The summed E-state index contributed by atoms with van der Waals surface area (Å²) in [6.45, 7) is 6.70. The molecular weight excluding hydrogens is 429 g/mol. The van der Waals surface area contributed by atoms with E-state index in [2.05, 4.69) is 34.3 Å². The highest BCUT2D eigenvalue weighted by Gasteiger charge is 2.20. The number of aliphatic imine (C=N–C) groups is 1. The number of unbranched alkanes of at least 4 members (excludes halogenated alkanes) is 1. The number of hydrogen-bond acceptors (Lipinski definition) is 3. The van der Waals surface area contributed by atoms with Gasteiger partial charge in [-0.25, -0.2) is 0 Å². The zero-order valence-electron chi connectivity index (χ0n) is 15.0. The molecule has 1 fully saturated rings. The molecule has 0 aromatic heterocycles. The lowest BCUT2D eigenvalue weighted by atomic mass is 10.2. The summed E-state index contributed by atoms with van der Waals surface area (Å²) < 4.78 is 0. The van der Waals surface area contributed by atoms with Crippen LogP contribution < -0.4 is 16.0 Å². The summed E-state index contributed by atoms with van der Waals surface area (Å²) in [6, 6.07) is 10.3. The molecule has 1 aromatic rings.